The topological polar surface area (TPSA) is 145 Å². The van der Waals surface area contributed by atoms with E-state index in [0.717, 1.165) is 6.07 Å². The van der Waals surface area contributed by atoms with E-state index in [2.05, 4.69) is 15.6 Å². The van der Waals surface area contributed by atoms with Crippen LogP contribution in [-0.2, 0) is 4.79 Å². The summed E-state index contributed by atoms with van der Waals surface area (Å²) in [4.78, 5) is 42.1. The fraction of sp³-hybridized carbons (Fsp3) is 0.138. The Balaban J connectivity index is 1.45. The van der Waals surface area contributed by atoms with Crippen LogP contribution in [0.5, 0.6) is 0 Å². The molecule has 4 N–H and O–H groups in total. The van der Waals surface area contributed by atoms with Crippen LogP contribution < -0.4 is 10.6 Å². The Morgan fingerprint density at radius 3 is 2.37 bits per heavy atom. The first-order valence-corrected chi connectivity index (χ1v) is 12.9. The third kappa shape index (κ3) is 5.92. The molecule has 2 aromatic carbocycles. The number of carbonyl (C=O) groups excluding carboxylic acids is 1. The molecule has 10 nitrogen and oxygen atoms in total. The van der Waals surface area contributed by atoms with E-state index in [-0.39, 0.29) is 41.1 Å². The van der Waals surface area contributed by atoms with Crippen LogP contribution in [0.15, 0.2) is 83.4 Å². The zero-order valence-electron chi connectivity index (χ0n) is 21.3. The highest BCUT2D eigenvalue weighted by Crippen LogP contribution is 2.40. The number of nitrogens with one attached hydrogen (secondary N) is 2. The van der Waals surface area contributed by atoms with Crippen molar-refractivity contribution in [2.75, 3.05) is 11.9 Å². The van der Waals surface area contributed by atoms with Crippen molar-refractivity contribution in [3.63, 3.8) is 0 Å². The molecule has 12 heteroatoms. The molecule has 2 aromatic heterocycles. The zero-order valence-corrected chi connectivity index (χ0v) is 22.1. The quantitative estimate of drug-likeness (QED) is 0.204. The Kier molecular flexibility index (Phi) is 7.74. The third-order valence-corrected chi connectivity index (χ3v) is 6.91. The predicted molar refractivity (Wildman–Crippen MR) is 150 cm³/mol. The Hall–Kier alpha value is -5.10. The maximum Gasteiger partial charge on any atom is 0.335 e. The maximum atomic E-state index is 14.0. The van der Waals surface area contributed by atoms with Crippen molar-refractivity contribution in [3.8, 4) is 11.3 Å². The maximum absolute atomic E-state index is 14.0. The van der Waals surface area contributed by atoms with Gasteiger partial charge < -0.3 is 30.2 Å². The van der Waals surface area contributed by atoms with Crippen LogP contribution in [0.1, 0.15) is 50.7 Å². The summed E-state index contributed by atoms with van der Waals surface area (Å²) >= 11 is 5.61. The van der Waals surface area contributed by atoms with Crippen molar-refractivity contribution in [1.29, 1.82) is 0 Å². The molecule has 4 aromatic rings. The number of para-hydroxylation sites is 1. The number of amides is 1. The van der Waals surface area contributed by atoms with Crippen LogP contribution in [0.2, 0.25) is 0 Å². The molecule has 1 amide bonds. The van der Waals surface area contributed by atoms with Crippen molar-refractivity contribution in [2.45, 2.75) is 18.5 Å². The minimum atomic E-state index is -1.28. The van der Waals surface area contributed by atoms with Crippen molar-refractivity contribution in [2.24, 2.45) is 0 Å². The van der Waals surface area contributed by atoms with E-state index in [4.69, 9.17) is 16.6 Å². The number of halogens is 1. The lowest BCUT2D eigenvalue weighted by atomic mass is 10.0. The van der Waals surface area contributed by atoms with Crippen molar-refractivity contribution < 1.29 is 33.4 Å². The number of carboxylic acid groups (broad SMARTS) is 2. The van der Waals surface area contributed by atoms with Crippen LogP contribution in [0, 0.1) is 5.82 Å². The minimum absolute atomic E-state index is 0.0161. The van der Waals surface area contributed by atoms with Crippen molar-refractivity contribution >= 4 is 40.9 Å². The second-order valence-electron chi connectivity index (χ2n) is 9.21. The fourth-order valence-corrected chi connectivity index (χ4v) is 4.97. The van der Waals surface area contributed by atoms with E-state index in [1.165, 1.54) is 30.3 Å². The number of furan rings is 1. The Morgan fingerprint density at radius 2 is 1.71 bits per heavy atom. The molecular formula is C29H23FN4O6S. The summed E-state index contributed by atoms with van der Waals surface area (Å²) in [7, 11) is 0. The van der Waals surface area contributed by atoms with Gasteiger partial charge in [-0.1, -0.05) is 18.2 Å². The molecule has 0 spiro atoms. The molecule has 0 bridgehead atoms. The van der Waals surface area contributed by atoms with Crippen LogP contribution in [0.25, 0.3) is 11.3 Å². The second-order valence-corrected chi connectivity index (χ2v) is 9.60. The van der Waals surface area contributed by atoms with Gasteiger partial charge in [0.15, 0.2) is 5.11 Å². The highest BCUT2D eigenvalue weighted by molar-refractivity contribution is 7.80. The van der Waals surface area contributed by atoms with E-state index in [0.29, 0.717) is 16.6 Å². The Bertz CT molecular complexity index is 1610. The molecule has 0 radical (unpaired) electrons. The summed E-state index contributed by atoms with van der Waals surface area (Å²) in [5.41, 5.74) is 0.609. The number of anilines is 1. The summed E-state index contributed by atoms with van der Waals surface area (Å²) in [5, 5.41) is 25.1. The molecule has 0 unspecified atom stereocenters. The largest absolute Gasteiger partial charge is 0.478 e. The number of thiocarbonyl (C=S) groups is 1. The first-order chi connectivity index (χ1) is 19.7. The molecular weight excluding hydrogens is 551 g/mol. The number of aromatic carboxylic acids is 2. The number of carboxylic acids is 2. The number of aromatic nitrogens is 1. The van der Waals surface area contributed by atoms with Gasteiger partial charge in [0.2, 0.25) is 5.91 Å². The van der Waals surface area contributed by atoms with Crippen LogP contribution >= 0.6 is 12.2 Å². The highest BCUT2D eigenvalue weighted by Gasteiger charge is 2.41. The van der Waals surface area contributed by atoms with Crippen LogP contribution in [0.3, 0.4) is 0 Å². The molecule has 0 saturated carbocycles. The molecule has 3 heterocycles. The average molecular weight is 575 g/mol. The molecule has 1 saturated heterocycles. The van der Waals surface area contributed by atoms with Crippen molar-refractivity contribution in [1.82, 2.24) is 15.2 Å². The van der Waals surface area contributed by atoms with Gasteiger partial charge in [0.1, 0.15) is 23.4 Å². The van der Waals surface area contributed by atoms with E-state index < -0.39 is 35.7 Å². The van der Waals surface area contributed by atoms with E-state index in [9.17, 15) is 29.0 Å². The zero-order chi connectivity index (χ0) is 29.1. The minimum Gasteiger partial charge on any atom is -0.478 e. The number of hydrogen-bond donors (Lipinski definition) is 4. The van der Waals surface area contributed by atoms with Gasteiger partial charge in [-0.05, 0) is 66.8 Å². The Labute approximate surface area is 238 Å². The summed E-state index contributed by atoms with van der Waals surface area (Å²) in [6, 6.07) is 17.3. The number of benzene rings is 2. The van der Waals surface area contributed by atoms with Gasteiger partial charge in [-0.25, -0.2) is 14.0 Å². The first kappa shape index (κ1) is 27.5. The second kappa shape index (κ2) is 11.6. The number of rotatable bonds is 9. The summed E-state index contributed by atoms with van der Waals surface area (Å²) in [5.74, 6) is -2.84. The van der Waals surface area contributed by atoms with Crippen molar-refractivity contribution in [3.05, 3.63) is 107 Å². The smallest absolute Gasteiger partial charge is 0.335 e. The average Bonchev–Trinajstić information content (AvgIpc) is 3.58. The fourth-order valence-electron chi connectivity index (χ4n) is 4.64. The third-order valence-electron chi connectivity index (χ3n) is 6.56. The highest BCUT2D eigenvalue weighted by atomic mass is 32.1. The SMILES string of the molecule is O=C(CCN1C(=S)N[C@@H](c2ccccn2)[C@H]1c1ccc(-c2cc(C(=O)O)cc(C(=O)O)c2)o1)Nc1ccccc1F. The molecule has 208 valence electrons. The Morgan fingerprint density at radius 1 is 1.00 bits per heavy atom. The number of hydrogen-bond acceptors (Lipinski definition) is 6. The lowest BCUT2D eigenvalue weighted by Crippen LogP contribution is -2.32. The lowest BCUT2D eigenvalue weighted by Gasteiger charge is -2.25. The van der Waals surface area contributed by atoms with Gasteiger partial charge in [0, 0.05) is 24.7 Å². The molecule has 2 atom stereocenters. The standard InChI is InChI=1S/C29H23FN4O6S/c30-19-5-1-2-6-20(19)32-24(35)10-12-34-26(25(33-29(34)41)21-7-3-4-11-31-21)23-9-8-22(40-23)16-13-17(27(36)37)15-18(14-16)28(38)39/h1-9,11,13-15,25-26H,10,12H2,(H,32,35)(H,33,41)(H,36,37)(H,38,39)/t25-,26+/m0/s1. The number of carbonyl (C=O) groups is 3. The van der Waals surface area contributed by atoms with Gasteiger partial charge >= 0.3 is 11.9 Å². The summed E-state index contributed by atoms with van der Waals surface area (Å²) in [6.07, 6.45) is 1.62. The summed E-state index contributed by atoms with van der Waals surface area (Å²) in [6.45, 7) is 0.161. The first-order valence-electron chi connectivity index (χ1n) is 12.5. The molecule has 5 rings (SSSR count). The van der Waals surface area contributed by atoms with Gasteiger partial charge in [-0.15, -0.1) is 0 Å². The van der Waals surface area contributed by atoms with E-state index in [1.54, 1.807) is 35.4 Å². The summed E-state index contributed by atoms with van der Waals surface area (Å²) < 4.78 is 20.2. The number of pyridine rings is 1. The van der Waals surface area contributed by atoms with E-state index >= 15 is 0 Å². The number of nitrogens with zero attached hydrogens (tertiary/aromatic N) is 2. The van der Waals surface area contributed by atoms with Gasteiger partial charge in [-0.2, -0.15) is 0 Å². The molecule has 1 aliphatic rings. The predicted octanol–water partition coefficient (Wildman–Crippen LogP) is 4.88. The van der Waals surface area contributed by atoms with Crippen LogP contribution in [0.4, 0.5) is 10.1 Å². The van der Waals surface area contributed by atoms with E-state index in [1.807, 2.05) is 12.1 Å². The molecule has 41 heavy (non-hydrogen) atoms. The van der Waals surface area contributed by atoms with Gasteiger partial charge in [0.25, 0.3) is 0 Å². The normalized spacial score (nSPS) is 16.3. The van der Waals surface area contributed by atoms with Crippen LogP contribution in [-0.4, -0.2) is 49.6 Å². The van der Waals surface area contributed by atoms with Gasteiger partial charge in [0.05, 0.1) is 28.6 Å². The molecule has 0 aliphatic carbocycles. The molecule has 1 aliphatic heterocycles. The van der Waals surface area contributed by atoms with Gasteiger partial charge in [-0.3, -0.25) is 9.78 Å². The lowest BCUT2D eigenvalue weighted by molar-refractivity contribution is -0.116. The molecule has 1 fully saturated rings. The monoisotopic (exact) mass is 574 g/mol.